The summed E-state index contributed by atoms with van der Waals surface area (Å²) in [5, 5.41) is 0. The van der Waals surface area contributed by atoms with Gasteiger partial charge in [-0.05, 0) is 36.3 Å². The first-order chi connectivity index (χ1) is 7.18. The smallest absolute Gasteiger partial charge is 0.261 e. The highest BCUT2D eigenvalue weighted by Gasteiger charge is 2.32. The summed E-state index contributed by atoms with van der Waals surface area (Å²) in [5.41, 5.74) is 3.25. The minimum absolute atomic E-state index is 0.107. The standard InChI is InChI=1S/C12H21NO2S/c1-8-7-12(4,5)10(3)9(2)11(8)13(6)16(14)15/h7,10H,1-6H3,(H,14,15). The number of rotatable bonds is 2. The zero-order chi connectivity index (χ0) is 12.7. The first kappa shape index (κ1) is 13.5. The summed E-state index contributed by atoms with van der Waals surface area (Å²) >= 11 is -1.95. The highest BCUT2D eigenvalue weighted by atomic mass is 32.2. The van der Waals surface area contributed by atoms with Gasteiger partial charge in [0.1, 0.15) is 0 Å². The van der Waals surface area contributed by atoms with Crippen molar-refractivity contribution in [3.63, 3.8) is 0 Å². The lowest BCUT2D eigenvalue weighted by Gasteiger charge is -2.38. The lowest BCUT2D eigenvalue weighted by Crippen LogP contribution is -2.31. The van der Waals surface area contributed by atoms with Crippen LogP contribution < -0.4 is 0 Å². The Morgan fingerprint density at radius 2 is 1.94 bits per heavy atom. The Hall–Kier alpha value is -0.610. The Kier molecular flexibility index (Phi) is 3.65. The molecule has 92 valence electrons. The van der Waals surface area contributed by atoms with E-state index in [0.717, 1.165) is 11.3 Å². The summed E-state index contributed by atoms with van der Waals surface area (Å²) in [6.45, 7) is 10.6. The molecule has 1 aliphatic carbocycles. The van der Waals surface area contributed by atoms with Gasteiger partial charge in [-0.3, -0.25) is 8.86 Å². The van der Waals surface area contributed by atoms with E-state index in [-0.39, 0.29) is 5.41 Å². The van der Waals surface area contributed by atoms with E-state index in [1.165, 1.54) is 9.88 Å². The van der Waals surface area contributed by atoms with Gasteiger partial charge in [0, 0.05) is 7.05 Å². The van der Waals surface area contributed by atoms with Crippen LogP contribution in [0.2, 0.25) is 0 Å². The molecule has 2 unspecified atom stereocenters. The van der Waals surface area contributed by atoms with E-state index < -0.39 is 11.3 Å². The van der Waals surface area contributed by atoms with Crippen molar-refractivity contribution < 1.29 is 8.76 Å². The molecule has 1 aliphatic rings. The number of hydrogen-bond donors (Lipinski definition) is 1. The van der Waals surface area contributed by atoms with Crippen molar-refractivity contribution in [1.82, 2.24) is 4.31 Å². The van der Waals surface area contributed by atoms with Crippen LogP contribution in [0.5, 0.6) is 0 Å². The van der Waals surface area contributed by atoms with Crippen LogP contribution in [0.4, 0.5) is 0 Å². The molecule has 0 saturated carbocycles. The van der Waals surface area contributed by atoms with Crippen LogP contribution in [0.15, 0.2) is 22.9 Å². The molecule has 0 fully saturated rings. The molecular weight excluding hydrogens is 222 g/mol. The monoisotopic (exact) mass is 243 g/mol. The Morgan fingerprint density at radius 3 is 2.38 bits per heavy atom. The molecule has 0 saturated heterocycles. The van der Waals surface area contributed by atoms with Gasteiger partial charge in [0.25, 0.3) is 11.3 Å². The van der Waals surface area contributed by atoms with Crippen molar-refractivity contribution in [2.75, 3.05) is 7.05 Å². The van der Waals surface area contributed by atoms with Gasteiger partial charge in [0.05, 0.1) is 5.70 Å². The van der Waals surface area contributed by atoms with Crippen molar-refractivity contribution >= 4 is 11.3 Å². The van der Waals surface area contributed by atoms with Crippen molar-refractivity contribution in [3.05, 3.63) is 22.9 Å². The molecule has 0 heterocycles. The maximum atomic E-state index is 11.1. The molecule has 0 amide bonds. The van der Waals surface area contributed by atoms with Gasteiger partial charge in [-0.25, -0.2) is 4.21 Å². The Bertz CT molecular complexity index is 382. The summed E-state index contributed by atoms with van der Waals surface area (Å²) in [6, 6.07) is 0. The van der Waals surface area contributed by atoms with E-state index in [1.807, 2.05) is 13.8 Å². The minimum atomic E-state index is -1.95. The van der Waals surface area contributed by atoms with E-state index in [4.69, 9.17) is 4.55 Å². The van der Waals surface area contributed by atoms with Crippen LogP contribution in [0, 0.1) is 11.3 Å². The van der Waals surface area contributed by atoms with Crippen molar-refractivity contribution in [3.8, 4) is 0 Å². The highest BCUT2D eigenvalue weighted by Crippen LogP contribution is 2.42. The number of hydrogen-bond acceptors (Lipinski definition) is 1. The molecule has 4 heteroatoms. The fourth-order valence-electron chi connectivity index (χ4n) is 2.40. The van der Waals surface area contributed by atoms with E-state index in [0.29, 0.717) is 5.92 Å². The van der Waals surface area contributed by atoms with Crippen molar-refractivity contribution in [2.24, 2.45) is 11.3 Å². The van der Waals surface area contributed by atoms with Crippen LogP contribution in [0.1, 0.15) is 34.6 Å². The topological polar surface area (TPSA) is 40.5 Å². The molecule has 1 rings (SSSR count). The fourth-order valence-corrected chi connectivity index (χ4v) is 2.84. The van der Waals surface area contributed by atoms with Gasteiger partial charge in [-0.15, -0.1) is 0 Å². The SMILES string of the molecule is CC1=CC(C)(C)C(C)C(C)=C1N(C)S(=O)O. The molecule has 0 aromatic carbocycles. The molecule has 2 atom stereocenters. The van der Waals surface area contributed by atoms with E-state index in [9.17, 15) is 4.21 Å². The molecule has 0 aromatic rings. The second-order valence-electron chi connectivity index (χ2n) is 5.13. The first-order valence-electron chi connectivity index (χ1n) is 5.43. The average Bonchev–Trinajstić information content (AvgIpc) is 2.13. The van der Waals surface area contributed by atoms with Crippen molar-refractivity contribution in [1.29, 1.82) is 0 Å². The first-order valence-corrected chi connectivity index (χ1v) is 6.50. The summed E-state index contributed by atoms with van der Waals surface area (Å²) in [6.07, 6.45) is 2.18. The predicted molar refractivity (Wildman–Crippen MR) is 67.9 cm³/mol. The van der Waals surface area contributed by atoms with E-state index in [2.05, 4.69) is 26.8 Å². The Balaban J connectivity index is 3.25. The zero-order valence-corrected chi connectivity index (χ0v) is 11.7. The second-order valence-corrected chi connectivity index (χ2v) is 6.14. The predicted octanol–water partition coefficient (Wildman–Crippen LogP) is 2.95. The minimum Gasteiger partial charge on any atom is -0.289 e. The molecule has 0 aromatic heterocycles. The van der Waals surface area contributed by atoms with Gasteiger partial charge in [-0.2, -0.15) is 0 Å². The summed E-state index contributed by atoms with van der Waals surface area (Å²) in [7, 11) is 1.65. The molecule has 0 aliphatic heterocycles. The highest BCUT2D eigenvalue weighted by molar-refractivity contribution is 7.76. The fraction of sp³-hybridized carbons (Fsp3) is 0.667. The number of likely N-dealkylation sites (N-methyl/N-ethyl adjacent to an activating group) is 1. The Labute approximate surface area is 101 Å². The molecule has 3 nitrogen and oxygen atoms in total. The third-order valence-corrected chi connectivity index (χ3v) is 4.30. The quantitative estimate of drug-likeness (QED) is 0.757. The second kappa shape index (κ2) is 4.34. The lowest BCUT2D eigenvalue weighted by molar-refractivity contribution is 0.333. The third kappa shape index (κ3) is 2.23. The maximum Gasteiger partial charge on any atom is 0.261 e. The van der Waals surface area contributed by atoms with Crippen LogP contribution in [-0.4, -0.2) is 20.1 Å². The largest absolute Gasteiger partial charge is 0.289 e. The summed E-state index contributed by atoms with van der Waals surface area (Å²) in [5.74, 6) is 0.372. The maximum absolute atomic E-state index is 11.1. The molecule has 0 bridgehead atoms. The molecule has 16 heavy (non-hydrogen) atoms. The number of nitrogens with zero attached hydrogens (tertiary/aromatic N) is 1. The van der Waals surface area contributed by atoms with Gasteiger partial charge < -0.3 is 0 Å². The van der Waals surface area contributed by atoms with Gasteiger partial charge in [0.15, 0.2) is 0 Å². The van der Waals surface area contributed by atoms with Gasteiger partial charge >= 0.3 is 0 Å². The summed E-state index contributed by atoms with van der Waals surface area (Å²) < 4.78 is 21.7. The molecule has 0 radical (unpaired) electrons. The van der Waals surface area contributed by atoms with Crippen molar-refractivity contribution in [2.45, 2.75) is 34.6 Å². The van der Waals surface area contributed by atoms with Crippen LogP contribution in [0.25, 0.3) is 0 Å². The summed E-state index contributed by atoms with van der Waals surface area (Å²) in [4.78, 5) is 0. The molecule has 1 N–H and O–H groups in total. The van der Waals surface area contributed by atoms with E-state index in [1.54, 1.807) is 7.05 Å². The molecular formula is C12H21NO2S. The van der Waals surface area contributed by atoms with Gasteiger partial charge in [-0.1, -0.05) is 26.8 Å². The van der Waals surface area contributed by atoms with Crippen LogP contribution in [-0.2, 0) is 11.3 Å². The normalized spacial score (nSPS) is 26.4. The third-order valence-electron chi connectivity index (χ3n) is 3.65. The van der Waals surface area contributed by atoms with Crippen LogP contribution in [0.3, 0.4) is 0 Å². The van der Waals surface area contributed by atoms with Crippen LogP contribution >= 0.6 is 0 Å². The zero-order valence-electron chi connectivity index (χ0n) is 10.9. The molecule has 0 spiro atoms. The number of allylic oxidation sites excluding steroid dienone is 3. The van der Waals surface area contributed by atoms with Gasteiger partial charge in [0.2, 0.25) is 0 Å². The Morgan fingerprint density at radius 1 is 1.44 bits per heavy atom. The average molecular weight is 243 g/mol. The van der Waals surface area contributed by atoms with E-state index >= 15 is 0 Å². The lowest BCUT2D eigenvalue weighted by atomic mass is 9.71.